The number of nitrogens with zero attached hydrogens (tertiary/aromatic N) is 1. The summed E-state index contributed by atoms with van der Waals surface area (Å²) in [4.78, 5) is 22.5. The van der Waals surface area contributed by atoms with Crippen LogP contribution in [0.4, 0.5) is 0 Å². The van der Waals surface area contributed by atoms with Crippen LogP contribution in [0.2, 0.25) is 0 Å². The lowest BCUT2D eigenvalue weighted by molar-refractivity contribution is 0.0651. The van der Waals surface area contributed by atoms with Crippen LogP contribution in [0.3, 0.4) is 0 Å². The summed E-state index contributed by atoms with van der Waals surface area (Å²) in [5.74, 6) is -2.04. The standard InChI is InChI=1S/C15H16N2O4/c1-10(7-8-11-5-3-2-4-6-11)16-14(18)12-9-13(15(19)20)21-17-12/h2-6,9-10H,7-8H2,1H3,(H,16,18)(H,19,20). The summed E-state index contributed by atoms with van der Waals surface area (Å²) in [5.41, 5.74) is 1.17. The molecule has 0 bridgehead atoms. The summed E-state index contributed by atoms with van der Waals surface area (Å²) in [5, 5.41) is 14.9. The van der Waals surface area contributed by atoms with Crippen LogP contribution in [0.1, 0.15) is 40.0 Å². The first kappa shape index (κ1) is 14.8. The average Bonchev–Trinajstić information content (AvgIpc) is 2.96. The van der Waals surface area contributed by atoms with Crippen molar-refractivity contribution >= 4 is 11.9 Å². The highest BCUT2D eigenvalue weighted by Crippen LogP contribution is 2.07. The lowest BCUT2D eigenvalue weighted by Gasteiger charge is -2.12. The number of amides is 1. The first-order valence-electron chi connectivity index (χ1n) is 6.61. The molecule has 110 valence electrons. The van der Waals surface area contributed by atoms with E-state index in [1.54, 1.807) is 0 Å². The van der Waals surface area contributed by atoms with Gasteiger partial charge in [0.05, 0.1) is 0 Å². The van der Waals surface area contributed by atoms with E-state index in [0.29, 0.717) is 0 Å². The maximum Gasteiger partial charge on any atom is 0.374 e. The van der Waals surface area contributed by atoms with Crippen LogP contribution < -0.4 is 5.32 Å². The SMILES string of the molecule is CC(CCc1ccccc1)NC(=O)c1cc(C(=O)O)on1. The van der Waals surface area contributed by atoms with E-state index in [2.05, 4.69) is 15.0 Å². The first-order chi connectivity index (χ1) is 10.1. The van der Waals surface area contributed by atoms with Crippen molar-refractivity contribution < 1.29 is 19.2 Å². The van der Waals surface area contributed by atoms with Gasteiger partial charge in [-0.15, -0.1) is 0 Å². The predicted molar refractivity (Wildman–Crippen MR) is 75.2 cm³/mol. The van der Waals surface area contributed by atoms with Gasteiger partial charge in [0, 0.05) is 12.1 Å². The molecule has 0 aliphatic heterocycles. The molecule has 0 radical (unpaired) electrons. The maximum atomic E-state index is 11.9. The Balaban J connectivity index is 1.85. The zero-order valence-electron chi connectivity index (χ0n) is 11.6. The van der Waals surface area contributed by atoms with Crippen LogP contribution in [0.15, 0.2) is 40.9 Å². The second-order valence-electron chi connectivity index (χ2n) is 4.78. The summed E-state index contributed by atoms with van der Waals surface area (Å²) in [6.45, 7) is 1.89. The van der Waals surface area contributed by atoms with E-state index in [4.69, 9.17) is 5.11 Å². The summed E-state index contributed by atoms with van der Waals surface area (Å²) in [6.07, 6.45) is 1.63. The Labute approximate surface area is 121 Å². The molecule has 0 spiro atoms. The van der Waals surface area contributed by atoms with Gasteiger partial charge in [-0.3, -0.25) is 4.79 Å². The van der Waals surface area contributed by atoms with E-state index < -0.39 is 11.9 Å². The third-order valence-corrected chi connectivity index (χ3v) is 3.04. The minimum absolute atomic E-state index is 0.0287. The number of benzene rings is 1. The number of hydrogen-bond donors (Lipinski definition) is 2. The number of carboxylic acid groups (broad SMARTS) is 1. The molecule has 1 atom stereocenters. The number of aromatic nitrogens is 1. The molecule has 1 aromatic carbocycles. The van der Waals surface area contributed by atoms with Crippen molar-refractivity contribution in [2.24, 2.45) is 0 Å². The van der Waals surface area contributed by atoms with Crippen molar-refractivity contribution in [3.63, 3.8) is 0 Å². The van der Waals surface area contributed by atoms with Crippen LogP contribution in [-0.2, 0) is 6.42 Å². The average molecular weight is 288 g/mol. The number of hydrogen-bond acceptors (Lipinski definition) is 4. The van der Waals surface area contributed by atoms with Crippen molar-refractivity contribution in [2.75, 3.05) is 0 Å². The van der Waals surface area contributed by atoms with Crippen molar-refractivity contribution in [3.8, 4) is 0 Å². The van der Waals surface area contributed by atoms with Gasteiger partial charge >= 0.3 is 5.97 Å². The van der Waals surface area contributed by atoms with E-state index in [1.165, 1.54) is 5.56 Å². The van der Waals surface area contributed by atoms with Gasteiger partial charge in [0.2, 0.25) is 5.76 Å². The molecular weight excluding hydrogens is 272 g/mol. The molecule has 0 saturated heterocycles. The fourth-order valence-corrected chi connectivity index (χ4v) is 1.88. The van der Waals surface area contributed by atoms with E-state index in [1.807, 2.05) is 37.3 Å². The summed E-state index contributed by atoms with van der Waals surface area (Å²) >= 11 is 0. The monoisotopic (exact) mass is 288 g/mol. The van der Waals surface area contributed by atoms with Crippen molar-refractivity contribution in [3.05, 3.63) is 53.4 Å². The van der Waals surface area contributed by atoms with Crippen LogP contribution >= 0.6 is 0 Å². The summed E-state index contributed by atoms with van der Waals surface area (Å²) in [7, 11) is 0. The number of carbonyl (C=O) groups is 2. The van der Waals surface area contributed by atoms with Gasteiger partial charge in [0.15, 0.2) is 5.69 Å². The predicted octanol–water partition coefficient (Wildman–Crippen LogP) is 2.12. The minimum atomic E-state index is -1.25. The maximum absolute atomic E-state index is 11.9. The van der Waals surface area contributed by atoms with Gasteiger partial charge in [-0.1, -0.05) is 35.5 Å². The fourth-order valence-electron chi connectivity index (χ4n) is 1.88. The molecule has 21 heavy (non-hydrogen) atoms. The van der Waals surface area contributed by atoms with Crippen LogP contribution in [0, 0.1) is 0 Å². The van der Waals surface area contributed by atoms with Crippen LogP contribution in [0.25, 0.3) is 0 Å². The van der Waals surface area contributed by atoms with Gasteiger partial charge in [-0.25, -0.2) is 4.79 Å². The Morgan fingerprint density at radius 2 is 2.05 bits per heavy atom. The minimum Gasteiger partial charge on any atom is -0.475 e. The number of rotatable bonds is 6. The third kappa shape index (κ3) is 4.17. The topological polar surface area (TPSA) is 92.4 Å². The van der Waals surface area contributed by atoms with E-state index in [9.17, 15) is 9.59 Å². The highest BCUT2D eigenvalue weighted by Gasteiger charge is 2.17. The second-order valence-corrected chi connectivity index (χ2v) is 4.78. The fraction of sp³-hybridized carbons (Fsp3) is 0.267. The molecule has 2 aromatic rings. The van der Waals surface area contributed by atoms with E-state index in [-0.39, 0.29) is 17.5 Å². The zero-order chi connectivity index (χ0) is 15.2. The number of nitrogens with one attached hydrogen (secondary N) is 1. The van der Waals surface area contributed by atoms with Gasteiger partial charge < -0.3 is 14.9 Å². The van der Waals surface area contributed by atoms with E-state index >= 15 is 0 Å². The van der Waals surface area contributed by atoms with Crippen LogP contribution in [-0.4, -0.2) is 28.2 Å². The number of aryl methyl sites for hydroxylation is 1. The van der Waals surface area contributed by atoms with E-state index in [0.717, 1.165) is 18.9 Å². The number of carbonyl (C=O) groups excluding carboxylic acids is 1. The van der Waals surface area contributed by atoms with Gasteiger partial charge in [0.1, 0.15) is 0 Å². The van der Waals surface area contributed by atoms with Gasteiger partial charge in [0.25, 0.3) is 5.91 Å². The molecule has 2 N–H and O–H groups in total. The summed E-state index contributed by atoms with van der Waals surface area (Å²) < 4.78 is 4.55. The largest absolute Gasteiger partial charge is 0.475 e. The smallest absolute Gasteiger partial charge is 0.374 e. The Morgan fingerprint density at radius 3 is 2.67 bits per heavy atom. The Morgan fingerprint density at radius 1 is 1.33 bits per heavy atom. The van der Waals surface area contributed by atoms with Crippen molar-refractivity contribution in [2.45, 2.75) is 25.8 Å². The molecule has 1 unspecified atom stereocenters. The molecule has 1 amide bonds. The highest BCUT2D eigenvalue weighted by molar-refractivity contribution is 5.94. The quantitative estimate of drug-likeness (QED) is 0.849. The Kier molecular flexibility index (Phi) is 4.71. The molecule has 0 aliphatic carbocycles. The molecule has 1 aromatic heterocycles. The second kappa shape index (κ2) is 6.69. The lowest BCUT2D eigenvalue weighted by Crippen LogP contribution is -2.33. The van der Waals surface area contributed by atoms with Gasteiger partial charge in [-0.05, 0) is 25.3 Å². The molecule has 0 saturated carbocycles. The normalized spacial score (nSPS) is 11.9. The number of carboxylic acids is 1. The van der Waals surface area contributed by atoms with Crippen molar-refractivity contribution in [1.29, 1.82) is 0 Å². The molecular formula is C15H16N2O4. The molecule has 2 rings (SSSR count). The molecule has 0 aliphatic rings. The Hall–Kier alpha value is -2.63. The summed E-state index contributed by atoms with van der Waals surface area (Å²) in [6, 6.07) is 11.0. The first-order valence-corrected chi connectivity index (χ1v) is 6.61. The van der Waals surface area contributed by atoms with Crippen LogP contribution in [0.5, 0.6) is 0 Å². The third-order valence-electron chi connectivity index (χ3n) is 3.04. The lowest BCUT2D eigenvalue weighted by atomic mass is 10.1. The molecule has 1 heterocycles. The highest BCUT2D eigenvalue weighted by atomic mass is 16.5. The van der Waals surface area contributed by atoms with Crippen molar-refractivity contribution in [1.82, 2.24) is 10.5 Å². The van der Waals surface area contributed by atoms with Gasteiger partial charge in [-0.2, -0.15) is 0 Å². The molecule has 6 heteroatoms. The molecule has 6 nitrogen and oxygen atoms in total. The zero-order valence-corrected chi connectivity index (χ0v) is 11.6. The molecule has 0 fully saturated rings. The Bertz CT molecular complexity index is 622. The number of aromatic carboxylic acids is 1.